The molecule has 1 saturated carbocycles. The van der Waals surface area contributed by atoms with Gasteiger partial charge in [-0.3, -0.25) is 4.79 Å². The molecule has 1 aliphatic carbocycles. The van der Waals surface area contributed by atoms with Crippen molar-refractivity contribution in [3.05, 3.63) is 29.8 Å². The third kappa shape index (κ3) is 1.71. The second-order valence-corrected chi connectivity index (χ2v) is 4.11. The molecule has 0 aromatic heterocycles. The van der Waals surface area contributed by atoms with Crippen molar-refractivity contribution in [2.45, 2.75) is 24.9 Å². The molecule has 86 valence electrons. The van der Waals surface area contributed by atoms with Crippen LogP contribution in [-0.4, -0.2) is 25.6 Å². The number of carbonyl (C=O) groups excluding carboxylic acids is 1. The number of carbonyl (C=O) groups is 1. The van der Waals surface area contributed by atoms with E-state index in [-0.39, 0.29) is 5.78 Å². The van der Waals surface area contributed by atoms with Gasteiger partial charge in [0.2, 0.25) is 0 Å². The van der Waals surface area contributed by atoms with Crippen LogP contribution in [-0.2, 0) is 4.74 Å². The van der Waals surface area contributed by atoms with Crippen molar-refractivity contribution in [2.24, 2.45) is 0 Å². The Bertz CT molecular complexity index is 388. The minimum absolute atomic E-state index is 0.0696. The summed E-state index contributed by atoms with van der Waals surface area (Å²) >= 11 is 0. The molecule has 0 aliphatic heterocycles. The van der Waals surface area contributed by atoms with Gasteiger partial charge >= 0.3 is 0 Å². The third-order valence-electron chi connectivity index (χ3n) is 3.30. The first-order valence-corrected chi connectivity index (χ1v) is 5.46. The predicted octanol–water partition coefficient (Wildman–Crippen LogP) is 2.45. The average Bonchev–Trinajstić information content (AvgIpc) is 2.28. The number of rotatable bonds is 4. The van der Waals surface area contributed by atoms with Gasteiger partial charge in [-0.15, -0.1) is 0 Å². The van der Waals surface area contributed by atoms with E-state index in [0.717, 1.165) is 19.3 Å². The van der Waals surface area contributed by atoms with Crippen LogP contribution in [0.1, 0.15) is 29.6 Å². The van der Waals surface area contributed by atoms with Crippen LogP contribution in [0.15, 0.2) is 24.3 Å². The van der Waals surface area contributed by atoms with E-state index in [4.69, 9.17) is 9.47 Å². The maximum absolute atomic E-state index is 12.3. The quantitative estimate of drug-likeness (QED) is 0.731. The zero-order valence-electron chi connectivity index (χ0n) is 9.66. The lowest BCUT2D eigenvalue weighted by molar-refractivity contribution is -0.0448. The number of benzene rings is 1. The molecule has 2 rings (SSSR count). The molecule has 0 atom stereocenters. The summed E-state index contributed by atoms with van der Waals surface area (Å²) in [6.45, 7) is 0. The van der Waals surface area contributed by atoms with Crippen LogP contribution in [0, 0.1) is 0 Å². The summed E-state index contributed by atoms with van der Waals surface area (Å²) in [5.41, 5.74) is 0.0905. The Labute approximate surface area is 95.4 Å². The lowest BCUT2D eigenvalue weighted by Crippen LogP contribution is -2.47. The number of Topliss-reactive ketones (excluding diaryl/α,β-unsaturated/α-hetero) is 1. The van der Waals surface area contributed by atoms with Crippen molar-refractivity contribution < 1.29 is 14.3 Å². The van der Waals surface area contributed by atoms with Gasteiger partial charge in [0, 0.05) is 12.7 Å². The molecule has 1 aromatic rings. The van der Waals surface area contributed by atoms with E-state index >= 15 is 0 Å². The van der Waals surface area contributed by atoms with E-state index in [0.29, 0.717) is 11.3 Å². The lowest BCUT2D eigenvalue weighted by atomic mass is 9.75. The summed E-state index contributed by atoms with van der Waals surface area (Å²) in [6, 6.07) is 7.23. The highest BCUT2D eigenvalue weighted by atomic mass is 16.5. The van der Waals surface area contributed by atoms with Crippen LogP contribution in [0.2, 0.25) is 0 Å². The lowest BCUT2D eigenvalue weighted by Gasteiger charge is -2.38. The second-order valence-electron chi connectivity index (χ2n) is 4.11. The van der Waals surface area contributed by atoms with Crippen LogP contribution >= 0.6 is 0 Å². The van der Waals surface area contributed by atoms with Crippen molar-refractivity contribution in [1.82, 2.24) is 0 Å². The molecule has 0 spiro atoms. The second kappa shape index (κ2) is 4.26. The number of methoxy groups -OCH3 is 2. The van der Waals surface area contributed by atoms with Gasteiger partial charge < -0.3 is 9.47 Å². The third-order valence-corrected chi connectivity index (χ3v) is 3.30. The predicted molar refractivity (Wildman–Crippen MR) is 60.9 cm³/mol. The van der Waals surface area contributed by atoms with Gasteiger partial charge in [0.25, 0.3) is 0 Å². The molecule has 1 aliphatic rings. The molecule has 0 heterocycles. The zero-order valence-corrected chi connectivity index (χ0v) is 9.66. The maximum Gasteiger partial charge on any atom is 0.194 e. The first kappa shape index (κ1) is 11.1. The highest BCUT2D eigenvalue weighted by molar-refractivity contribution is 6.03. The van der Waals surface area contributed by atoms with E-state index < -0.39 is 5.60 Å². The number of ether oxygens (including phenoxy) is 2. The van der Waals surface area contributed by atoms with Crippen LogP contribution in [0.4, 0.5) is 0 Å². The van der Waals surface area contributed by atoms with E-state index in [2.05, 4.69) is 0 Å². The number of hydrogen-bond acceptors (Lipinski definition) is 3. The van der Waals surface area contributed by atoms with Gasteiger partial charge in [-0.05, 0) is 31.4 Å². The fourth-order valence-electron chi connectivity index (χ4n) is 2.05. The van der Waals surface area contributed by atoms with E-state index in [9.17, 15) is 4.79 Å². The summed E-state index contributed by atoms with van der Waals surface area (Å²) in [5, 5.41) is 0. The van der Waals surface area contributed by atoms with Gasteiger partial charge in [0.1, 0.15) is 11.4 Å². The first-order valence-electron chi connectivity index (χ1n) is 5.46. The molecule has 0 amide bonds. The largest absolute Gasteiger partial charge is 0.497 e. The van der Waals surface area contributed by atoms with Crippen molar-refractivity contribution >= 4 is 5.78 Å². The molecular formula is C13H16O3. The minimum Gasteiger partial charge on any atom is -0.497 e. The minimum atomic E-state index is -0.577. The summed E-state index contributed by atoms with van der Waals surface area (Å²) in [7, 11) is 3.20. The average molecular weight is 220 g/mol. The van der Waals surface area contributed by atoms with Gasteiger partial charge in [-0.2, -0.15) is 0 Å². The molecule has 3 heteroatoms. The normalized spacial score (nSPS) is 17.6. The Hall–Kier alpha value is -1.35. The molecule has 0 radical (unpaired) electrons. The van der Waals surface area contributed by atoms with Gasteiger partial charge in [-0.25, -0.2) is 0 Å². The standard InChI is InChI=1S/C13H16O3/c1-15-11-6-3-5-10(9-11)12(14)13(16-2)7-4-8-13/h3,5-6,9H,4,7-8H2,1-2H3. The van der Waals surface area contributed by atoms with Crippen LogP contribution in [0.5, 0.6) is 5.75 Å². The smallest absolute Gasteiger partial charge is 0.194 e. The topological polar surface area (TPSA) is 35.5 Å². The number of ketones is 1. The molecular weight excluding hydrogens is 204 g/mol. The Morgan fingerprint density at radius 1 is 1.31 bits per heavy atom. The molecule has 16 heavy (non-hydrogen) atoms. The molecule has 0 N–H and O–H groups in total. The number of hydrogen-bond donors (Lipinski definition) is 0. The van der Waals surface area contributed by atoms with Gasteiger partial charge in [0.05, 0.1) is 7.11 Å². The van der Waals surface area contributed by atoms with E-state index in [1.54, 1.807) is 20.3 Å². The van der Waals surface area contributed by atoms with Gasteiger partial charge in [-0.1, -0.05) is 12.1 Å². The summed E-state index contributed by atoms with van der Waals surface area (Å²) in [6.07, 6.45) is 2.70. The Morgan fingerprint density at radius 3 is 2.56 bits per heavy atom. The summed E-state index contributed by atoms with van der Waals surface area (Å²) in [4.78, 5) is 12.3. The van der Waals surface area contributed by atoms with Crippen LogP contribution in [0.25, 0.3) is 0 Å². The fraction of sp³-hybridized carbons (Fsp3) is 0.462. The van der Waals surface area contributed by atoms with Crippen LogP contribution in [0.3, 0.4) is 0 Å². The summed E-state index contributed by atoms with van der Waals surface area (Å²) in [5.74, 6) is 0.775. The van der Waals surface area contributed by atoms with E-state index in [1.165, 1.54) is 0 Å². The molecule has 1 fully saturated rings. The van der Waals surface area contributed by atoms with Crippen molar-refractivity contribution in [3.8, 4) is 5.75 Å². The van der Waals surface area contributed by atoms with Crippen molar-refractivity contribution in [1.29, 1.82) is 0 Å². The highest BCUT2D eigenvalue weighted by Crippen LogP contribution is 2.38. The molecule has 0 unspecified atom stereocenters. The first-order chi connectivity index (χ1) is 7.72. The van der Waals surface area contributed by atoms with Crippen molar-refractivity contribution in [3.63, 3.8) is 0 Å². The van der Waals surface area contributed by atoms with E-state index in [1.807, 2.05) is 18.2 Å². The fourth-order valence-corrected chi connectivity index (χ4v) is 2.05. The summed E-state index contributed by atoms with van der Waals surface area (Å²) < 4.78 is 10.5. The monoisotopic (exact) mass is 220 g/mol. The molecule has 3 nitrogen and oxygen atoms in total. The van der Waals surface area contributed by atoms with Crippen LogP contribution < -0.4 is 4.74 Å². The maximum atomic E-state index is 12.3. The molecule has 1 aromatic carbocycles. The Kier molecular flexibility index (Phi) is 2.97. The molecule has 0 bridgehead atoms. The SMILES string of the molecule is COc1cccc(C(=O)C2(OC)CCC2)c1. The van der Waals surface area contributed by atoms with Crippen molar-refractivity contribution in [2.75, 3.05) is 14.2 Å². The highest BCUT2D eigenvalue weighted by Gasteiger charge is 2.44. The molecule has 0 saturated heterocycles. The van der Waals surface area contributed by atoms with Gasteiger partial charge in [0.15, 0.2) is 5.78 Å². The Balaban J connectivity index is 2.26. The Morgan fingerprint density at radius 2 is 2.06 bits per heavy atom. The zero-order chi connectivity index (χ0) is 11.6.